The molecule has 0 heterocycles. The van der Waals surface area contributed by atoms with Gasteiger partial charge in [-0.05, 0) is 46.7 Å². The summed E-state index contributed by atoms with van der Waals surface area (Å²) in [6.07, 6.45) is 1.35. The quantitative estimate of drug-likeness (QED) is 0.679. The van der Waals surface area contributed by atoms with Gasteiger partial charge in [0, 0.05) is 0 Å². The van der Waals surface area contributed by atoms with E-state index in [0.29, 0.717) is 5.56 Å². The van der Waals surface area contributed by atoms with Crippen molar-refractivity contribution in [1.82, 2.24) is 0 Å². The molecule has 3 aromatic rings. The average Bonchev–Trinajstić information content (AvgIpc) is 2.58. The molecule has 0 aliphatic heterocycles. The molecule has 0 aromatic heterocycles. The third-order valence-electron chi connectivity index (χ3n) is 3.71. The highest BCUT2D eigenvalue weighted by molar-refractivity contribution is 7.95. The first-order chi connectivity index (χ1) is 12.6. The molecule has 3 aromatic carbocycles. The summed E-state index contributed by atoms with van der Waals surface area (Å²) >= 11 is 0. The summed E-state index contributed by atoms with van der Waals surface area (Å²) in [6.45, 7) is 0. The highest BCUT2D eigenvalue weighted by Crippen LogP contribution is 2.23. The lowest BCUT2D eigenvalue weighted by atomic mass is 10.1. The van der Waals surface area contributed by atoms with Crippen LogP contribution in [0.4, 0.5) is 10.1 Å². The summed E-state index contributed by atoms with van der Waals surface area (Å²) in [5, 5.41) is 7.86. The number of anilines is 1. The van der Waals surface area contributed by atoms with E-state index >= 15 is 0 Å². The normalized spacial score (nSPS) is 12.5. The number of sulfonamides is 2. The number of benzene rings is 3. The average molecular weight is 406 g/mol. The molecule has 0 fully saturated rings. The van der Waals surface area contributed by atoms with E-state index in [1.165, 1.54) is 6.08 Å². The standard InChI is InChI=1S/C18H15FN2O4S2/c19-16-7-8-18(27(20,24)25)17(12-16)21-26(22,23)10-9-13-5-6-14-3-1-2-4-15(14)11-13/h1-12,21H,(H2,20,24,25). The number of halogens is 1. The molecule has 0 amide bonds. The minimum Gasteiger partial charge on any atom is -0.279 e. The number of nitrogens with two attached hydrogens (primary N) is 1. The minimum atomic E-state index is -4.23. The Morgan fingerprint density at radius 3 is 2.30 bits per heavy atom. The zero-order valence-electron chi connectivity index (χ0n) is 13.8. The van der Waals surface area contributed by atoms with Crippen LogP contribution in [-0.4, -0.2) is 16.8 Å². The lowest BCUT2D eigenvalue weighted by molar-refractivity contribution is 0.597. The molecule has 0 unspecified atom stereocenters. The molecular weight excluding hydrogens is 391 g/mol. The van der Waals surface area contributed by atoms with E-state index in [2.05, 4.69) is 0 Å². The SMILES string of the molecule is NS(=O)(=O)c1ccc(F)cc1NS(=O)(=O)C=Cc1ccc2ccccc2c1. The van der Waals surface area contributed by atoms with Gasteiger partial charge in [0.1, 0.15) is 10.7 Å². The Balaban J connectivity index is 1.91. The van der Waals surface area contributed by atoms with Crippen LogP contribution >= 0.6 is 0 Å². The lowest BCUT2D eigenvalue weighted by Crippen LogP contribution is -2.17. The second-order valence-corrected chi connectivity index (χ2v) is 8.84. The Labute approximate surface area is 156 Å². The maximum absolute atomic E-state index is 13.4. The summed E-state index contributed by atoms with van der Waals surface area (Å²) in [5.74, 6) is -0.807. The first kappa shape index (κ1) is 19.0. The number of primary sulfonamides is 1. The molecule has 0 spiro atoms. The minimum absolute atomic E-state index is 0.458. The van der Waals surface area contributed by atoms with E-state index in [0.717, 1.165) is 34.4 Å². The lowest BCUT2D eigenvalue weighted by Gasteiger charge is -2.09. The number of rotatable bonds is 5. The van der Waals surface area contributed by atoms with Crippen LogP contribution < -0.4 is 9.86 Å². The molecular formula is C18H15FN2O4S2. The Morgan fingerprint density at radius 2 is 1.59 bits per heavy atom. The smallest absolute Gasteiger partial charge is 0.255 e. The third kappa shape index (κ3) is 4.70. The van der Waals surface area contributed by atoms with Crippen LogP contribution in [0.3, 0.4) is 0 Å². The first-order valence-corrected chi connectivity index (χ1v) is 10.8. The number of fused-ring (bicyclic) bond motifs is 1. The fourth-order valence-electron chi connectivity index (χ4n) is 2.50. The predicted molar refractivity (Wildman–Crippen MR) is 103 cm³/mol. The molecule has 0 aliphatic rings. The molecule has 0 atom stereocenters. The third-order valence-corrected chi connectivity index (χ3v) is 5.68. The number of hydrogen-bond acceptors (Lipinski definition) is 4. The van der Waals surface area contributed by atoms with Crippen LogP contribution in [0.2, 0.25) is 0 Å². The van der Waals surface area contributed by atoms with Crippen molar-refractivity contribution in [3.8, 4) is 0 Å². The molecule has 140 valence electrons. The van der Waals surface area contributed by atoms with E-state index < -0.39 is 36.4 Å². The van der Waals surface area contributed by atoms with Crippen molar-refractivity contribution >= 4 is 42.6 Å². The van der Waals surface area contributed by atoms with Crippen molar-refractivity contribution in [2.24, 2.45) is 5.14 Å². The van der Waals surface area contributed by atoms with Crippen molar-refractivity contribution in [3.05, 3.63) is 77.5 Å². The zero-order valence-corrected chi connectivity index (χ0v) is 15.5. The summed E-state index contributed by atoms with van der Waals surface area (Å²) in [4.78, 5) is -0.522. The van der Waals surface area contributed by atoms with Crippen LogP contribution in [0.15, 0.2) is 71.0 Å². The van der Waals surface area contributed by atoms with Crippen molar-refractivity contribution in [2.75, 3.05) is 4.72 Å². The maximum atomic E-state index is 13.4. The van der Waals surface area contributed by atoms with E-state index in [-0.39, 0.29) is 0 Å². The van der Waals surface area contributed by atoms with Gasteiger partial charge in [0.15, 0.2) is 0 Å². The van der Waals surface area contributed by atoms with Crippen LogP contribution in [0.5, 0.6) is 0 Å². The zero-order chi connectivity index (χ0) is 19.7. The summed E-state index contributed by atoms with van der Waals surface area (Å²) in [6, 6.07) is 15.5. The Hall–Kier alpha value is -2.75. The van der Waals surface area contributed by atoms with Crippen molar-refractivity contribution in [2.45, 2.75) is 4.90 Å². The summed E-state index contributed by atoms with van der Waals surface area (Å²) in [7, 11) is -8.33. The molecule has 0 aliphatic carbocycles. The first-order valence-electron chi connectivity index (χ1n) is 7.66. The van der Waals surface area contributed by atoms with Gasteiger partial charge in [0.2, 0.25) is 10.0 Å². The van der Waals surface area contributed by atoms with E-state index in [4.69, 9.17) is 5.14 Å². The molecule has 6 nitrogen and oxygen atoms in total. The fourth-order valence-corrected chi connectivity index (χ4v) is 4.12. The Bertz CT molecular complexity index is 1250. The Morgan fingerprint density at radius 1 is 0.889 bits per heavy atom. The van der Waals surface area contributed by atoms with Gasteiger partial charge in [0.25, 0.3) is 10.0 Å². The van der Waals surface area contributed by atoms with Crippen LogP contribution in [0, 0.1) is 5.82 Å². The van der Waals surface area contributed by atoms with Gasteiger partial charge in [-0.1, -0.05) is 36.4 Å². The van der Waals surface area contributed by atoms with Gasteiger partial charge >= 0.3 is 0 Å². The van der Waals surface area contributed by atoms with Crippen LogP contribution in [-0.2, 0) is 20.0 Å². The van der Waals surface area contributed by atoms with Gasteiger partial charge in [0.05, 0.1) is 11.1 Å². The second kappa shape index (κ2) is 7.10. The highest BCUT2D eigenvalue weighted by atomic mass is 32.2. The fraction of sp³-hybridized carbons (Fsp3) is 0. The highest BCUT2D eigenvalue weighted by Gasteiger charge is 2.18. The molecule has 0 radical (unpaired) electrons. The molecule has 0 bridgehead atoms. The monoisotopic (exact) mass is 406 g/mol. The molecule has 9 heteroatoms. The Kier molecular flexibility index (Phi) is 5.01. The van der Waals surface area contributed by atoms with Crippen LogP contribution in [0.25, 0.3) is 16.8 Å². The van der Waals surface area contributed by atoms with E-state index in [1.807, 2.05) is 35.1 Å². The van der Waals surface area contributed by atoms with Crippen LogP contribution in [0.1, 0.15) is 5.56 Å². The van der Waals surface area contributed by atoms with Gasteiger partial charge in [-0.2, -0.15) is 0 Å². The number of hydrogen-bond donors (Lipinski definition) is 2. The van der Waals surface area contributed by atoms with Crippen molar-refractivity contribution in [3.63, 3.8) is 0 Å². The van der Waals surface area contributed by atoms with E-state index in [9.17, 15) is 21.2 Å². The second-order valence-electron chi connectivity index (χ2n) is 5.74. The van der Waals surface area contributed by atoms with Gasteiger partial charge < -0.3 is 0 Å². The summed E-state index contributed by atoms with van der Waals surface area (Å²) in [5.41, 5.74) is 0.172. The van der Waals surface area contributed by atoms with Crippen molar-refractivity contribution in [1.29, 1.82) is 0 Å². The van der Waals surface area contributed by atoms with Gasteiger partial charge in [-0.25, -0.2) is 26.4 Å². The van der Waals surface area contributed by atoms with Crippen molar-refractivity contribution < 1.29 is 21.2 Å². The number of nitrogens with one attached hydrogen (secondary N) is 1. The predicted octanol–water partition coefficient (Wildman–Crippen LogP) is 3.04. The topological polar surface area (TPSA) is 106 Å². The largest absolute Gasteiger partial charge is 0.279 e. The maximum Gasteiger partial charge on any atom is 0.255 e. The summed E-state index contributed by atoms with van der Waals surface area (Å²) < 4.78 is 63.1. The molecule has 3 rings (SSSR count). The van der Waals surface area contributed by atoms with E-state index in [1.54, 1.807) is 12.1 Å². The molecule has 3 N–H and O–H groups in total. The molecule has 0 saturated carbocycles. The van der Waals surface area contributed by atoms with Gasteiger partial charge in [-0.3, -0.25) is 4.72 Å². The molecule has 0 saturated heterocycles. The molecule has 27 heavy (non-hydrogen) atoms. The van der Waals surface area contributed by atoms with Gasteiger partial charge in [-0.15, -0.1) is 0 Å².